The average Bonchev–Trinajstić information content (AvgIpc) is 2.72. The molecule has 0 fully saturated rings. The van der Waals surface area contributed by atoms with E-state index in [9.17, 15) is 5.11 Å². The van der Waals surface area contributed by atoms with Gasteiger partial charge in [0.2, 0.25) is 0 Å². The number of thioether (sulfide) groups is 1. The summed E-state index contributed by atoms with van der Waals surface area (Å²) < 4.78 is 1.31. The zero-order chi connectivity index (χ0) is 13.0. The van der Waals surface area contributed by atoms with Crippen molar-refractivity contribution < 1.29 is 5.11 Å². The third kappa shape index (κ3) is 3.74. The second-order valence-electron chi connectivity index (χ2n) is 5.05. The summed E-state index contributed by atoms with van der Waals surface area (Å²) in [5, 5.41) is 13.6. The number of aliphatic hydroxyl groups excluding tert-OH is 1. The van der Waals surface area contributed by atoms with E-state index in [0.29, 0.717) is 5.92 Å². The highest BCUT2D eigenvalue weighted by atomic mass is 32.2. The smallest absolute Gasteiger partial charge is 0.0671 e. The van der Waals surface area contributed by atoms with Crippen LogP contribution in [-0.4, -0.2) is 22.7 Å². The summed E-state index contributed by atoms with van der Waals surface area (Å²) in [6.07, 6.45) is 0.543. The van der Waals surface area contributed by atoms with Gasteiger partial charge in [0.1, 0.15) is 0 Å². The molecule has 1 unspecified atom stereocenters. The first-order valence-electron chi connectivity index (χ1n) is 6.37. The van der Waals surface area contributed by atoms with Crippen LogP contribution in [0, 0.1) is 5.92 Å². The number of hydrogen-bond donors (Lipinski definition) is 1. The largest absolute Gasteiger partial charge is 0.392 e. The van der Waals surface area contributed by atoms with Crippen molar-refractivity contribution in [3.63, 3.8) is 0 Å². The number of hydrogen-bond acceptors (Lipinski definition) is 3. The van der Waals surface area contributed by atoms with E-state index in [2.05, 4.69) is 43.5 Å². The van der Waals surface area contributed by atoms with E-state index >= 15 is 0 Å². The van der Waals surface area contributed by atoms with Gasteiger partial charge in [-0.15, -0.1) is 11.3 Å². The molecule has 1 aromatic heterocycles. The first-order chi connectivity index (χ1) is 8.66. The van der Waals surface area contributed by atoms with Crippen LogP contribution in [0.3, 0.4) is 0 Å². The Balaban J connectivity index is 1.92. The quantitative estimate of drug-likeness (QED) is 0.856. The molecule has 0 aliphatic heterocycles. The lowest BCUT2D eigenvalue weighted by atomic mass is 10.1. The van der Waals surface area contributed by atoms with Gasteiger partial charge in [-0.1, -0.05) is 32.0 Å². The van der Waals surface area contributed by atoms with Gasteiger partial charge in [0.15, 0.2) is 0 Å². The lowest BCUT2D eigenvalue weighted by Crippen LogP contribution is -2.14. The van der Waals surface area contributed by atoms with Crippen LogP contribution in [-0.2, 0) is 6.42 Å². The second kappa shape index (κ2) is 6.60. The van der Waals surface area contributed by atoms with Gasteiger partial charge in [-0.05, 0) is 34.1 Å². The molecular weight excluding hydrogens is 260 g/mol. The predicted molar refractivity (Wildman–Crippen MR) is 83.7 cm³/mol. The van der Waals surface area contributed by atoms with Crippen LogP contribution in [0.5, 0.6) is 0 Å². The summed E-state index contributed by atoms with van der Waals surface area (Å²) in [4.78, 5) is 0. The van der Waals surface area contributed by atoms with Crippen molar-refractivity contribution in [2.24, 2.45) is 5.92 Å². The molecule has 0 bridgehead atoms. The van der Waals surface area contributed by atoms with Crippen molar-refractivity contribution in [2.75, 3.05) is 11.5 Å². The van der Waals surface area contributed by atoms with Crippen molar-refractivity contribution in [1.82, 2.24) is 0 Å². The van der Waals surface area contributed by atoms with E-state index in [-0.39, 0.29) is 6.10 Å². The van der Waals surface area contributed by atoms with Crippen molar-refractivity contribution >= 4 is 33.2 Å². The van der Waals surface area contributed by atoms with Gasteiger partial charge < -0.3 is 5.11 Å². The summed E-state index contributed by atoms with van der Waals surface area (Å²) in [6, 6.07) is 8.43. The van der Waals surface area contributed by atoms with Crippen LogP contribution in [0.15, 0.2) is 29.6 Å². The highest BCUT2D eigenvalue weighted by molar-refractivity contribution is 7.99. The Morgan fingerprint density at radius 2 is 2.00 bits per heavy atom. The first-order valence-corrected chi connectivity index (χ1v) is 8.41. The third-order valence-electron chi connectivity index (χ3n) is 2.78. The van der Waals surface area contributed by atoms with Gasteiger partial charge in [-0.25, -0.2) is 0 Å². The molecule has 0 radical (unpaired) electrons. The zero-order valence-electron chi connectivity index (χ0n) is 10.9. The van der Waals surface area contributed by atoms with E-state index in [1.165, 1.54) is 15.6 Å². The summed E-state index contributed by atoms with van der Waals surface area (Å²) in [7, 11) is 0. The fourth-order valence-corrected chi connectivity index (χ4v) is 3.92. The van der Waals surface area contributed by atoms with E-state index in [0.717, 1.165) is 17.9 Å². The van der Waals surface area contributed by atoms with Crippen LogP contribution < -0.4 is 0 Å². The van der Waals surface area contributed by atoms with Crippen molar-refractivity contribution in [3.05, 3.63) is 35.2 Å². The van der Waals surface area contributed by atoms with Crippen LogP contribution in [0.2, 0.25) is 0 Å². The van der Waals surface area contributed by atoms with E-state index in [1.54, 1.807) is 11.3 Å². The van der Waals surface area contributed by atoms with Gasteiger partial charge in [-0.2, -0.15) is 11.8 Å². The molecule has 1 heterocycles. The Morgan fingerprint density at radius 3 is 2.78 bits per heavy atom. The molecule has 0 aliphatic carbocycles. The van der Waals surface area contributed by atoms with E-state index < -0.39 is 0 Å². The summed E-state index contributed by atoms with van der Waals surface area (Å²) in [6.45, 7) is 4.43. The molecule has 3 heteroatoms. The average molecular weight is 280 g/mol. The number of thiophene rings is 1. The minimum absolute atomic E-state index is 0.230. The maximum absolute atomic E-state index is 10.1. The minimum atomic E-state index is -0.230. The molecule has 2 rings (SSSR count). The van der Waals surface area contributed by atoms with Gasteiger partial charge in [0.05, 0.1) is 6.10 Å². The summed E-state index contributed by atoms with van der Waals surface area (Å²) in [5.41, 5.74) is 1.29. The Morgan fingerprint density at radius 1 is 1.22 bits per heavy atom. The predicted octanol–water partition coefficient (Wildman–Crippen LogP) is 4.19. The molecule has 0 aliphatic rings. The van der Waals surface area contributed by atoms with Crippen LogP contribution in [0.1, 0.15) is 19.4 Å². The summed E-state index contributed by atoms with van der Waals surface area (Å²) in [5.74, 6) is 2.66. The monoisotopic (exact) mass is 280 g/mol. The van der Waals surface area contributed by atoms with E-state index in [4.69, 9.17) is 0 Å². The molecule has 98 valence electrons. The highest BCUT2D eigenvalue weighted by Gasteiger charge is 2.10. The normalized spacial score (nSPS) is 13.3. The first kappa shape index (κ1) is 13.9. The van der Waals surface area contributed by atoms with Crippen LogP contribution >= 0.6 is 23.1 Å². The number of fused-ring (bicyclic) bond motifs is 1. The molecule has 0 amide bonds. The maximum Gasteiger partial charge on any atom is 0.0671 e. The lowest BCUT2D eigenvalue weighted by Gasteiger charge is -2.11. The fourth-order valence-electron chi connectivity index (χ4n) is 1.94. The second-order valence-corrected chi connectivity index (χ2v) is 7.03. The number of benzene rings is 1. The van der Waals surface area contributed by atoms with Crippen molar-refractivity contribution in [1.29, 1.82) is 0 Å². The van der Waals surface area contributed by atoms with Gasteiger partial charge in [-0.3, -0.25) is 0 Å². The van der Waals surface area contributed by atoms with Crippen LogP contribution in [0.25, 0.3) is 10.1 Å². The highest BCUT2D eigenvalue weighted by Crippen LogP contribution is 2.27. The molecule has 0 saturated heterocycles. The third-order valence-corrected chi connectivity index (χ3v) is 5.31. The molecular formula is C15H20OS2. The molecule has 1 aromatic carbocycles. The Kier molecular flexibility index (Phi) is 5.10. The Labute approximate surface area is 117 Å². The lowest BCUT2D eigenvalue weighted by molar-refractivity contribution is 0.200. The van der Waals surface area contributed by atoms with Gasteiger partial charge in [0, 0.05) is 16.9 Å². The zero-order valence-corrected chi connectivity index (χ0v) is 12.6. The van der Waals surface area contributed by atoms with Crippen molar-refractivity contribution in [3.8, 4) is 0 Å². The van der Waals surface area contributed by atoms with Crippen LogP contribution in [0.4, 0.5) is 0 Å². The van der Waals surface area contributed by atoms with E-state index in [1.807, 2.05) is 11.8 Å². The molecule has 1 atom stereocenters. The molecule has 0 spiro atoms. The standard InChI is InChI=1S/C15H20OS2/c1-11(2)8-17-10-13(16)7-12-9-18-15-6-4-3-5-14(12)15/h3-6,9,11,13,16H,7-8,10H2,1-2H3. The topological polar surface area (TPSA) is 20.2 Å². The SMILES string of the molecule is CC(C)CSCC(O)Cc1csc2ccccc12. The molecule has 2 aromatic rings. The molecule has 1 nitrogen and oxygen atoms in total. The number of rotatable bonds is 6. The summed E-state index contributed by atoms with van der Waals surface area (Å²) >= 11 is 3.62. The number of aliphatic hydroxyl groups is 1. The fraction of sp³-hybridized carbons (Fsp3) is 0.467. The van der Waals surface area contributed by atoms with Gasteiger partial charge >= 0.3 is 0 Å². The van der Waals surface area contributed by atoms with Crippen molar-refractivity contribution in [2.45, 2.75) is 26.4 Å². The molecule has 0 saturated carbocycles. The molecule has 1 N–H and O–H groups in total. The maximum atomic E-state index is 10.1. The Hall–Kier alpha value is -0.510. The van der Waals surface area contributed by atoms with Gasteiger partial charge in [0.25, 0.3) is 0 Å². The minimum Gasteiger partial charge on any atom is -0.392 e. The molecule has 18 heavy (non-hydrogen) atoms. The Bertz CT molecular complexity index is 490.